The molecule has 2 aromatic carbocycles. The maximum Gasteiger partial charge on any atom is 0.288 e. The number of nitrogen functional groups attached to an aromatic ring is 1. The Kier molecular flexibility index (Phi) is 3.55. The van der Waals surface area contributed by atoms with Crippen LogP contribution >= 0.6 is 11.8 Å². The second-order valence-corrected chi connectivity index (χ2v) is 5.62. The van der Waals surface area contributed by atoms with Gasteiger partial charge < -0.3 is 5.73 Å². The lowest BCUT2D eigenvalue weighted by Gasteiger charge is -2.12. The van der Waals surface area contributed by atoms with E-state index in [1.165, 1.54) is 0 Å². The van der Waals surface area contributed by atoms with E-state index in [9.17, 15) is 8.78 Å². The molecule has 0 aliphatic rings. The van der Waals surface area contributed by atoms with Gasteiger partial charge in [0.05, 0.1) is 16.7 Å². The number of aryl methyl sites for hydroxylation is 1. The lowest BCUT2D eigenvalue weighted by atomic mass is 10.2. The van der Waals surface area contributed by atoms with Crippen LogP contribution in [0.3, 0.4) is 0 Å². The number of aromatic nitrogens is 2. The number of anilines is 1. The van der Waals surface area contributed by atoms with Crippen molar-refractivity contribution in [3.8, 4) is 5.69 Å². The van der Waals surface area contributed by atoms with Crippen molar-refractivity contribution in [3.05, 3.63) is 48.3 Å². The Morgan fingerprint density at radius 1 is 1.19 bits per heavy atom. The standard InChI is InChI=1S/C15H13F2N3S/c1-9-19-11-8-10(18)6-7-12(11)20(9)13-4-2-3-5-14(13)21-15(16)17/h2-8,15H,18H2,1H3. The van der Waals surface area contributed by atoms with Crippen LogP contribution in [0, 0.1) is 6.92 Å². The molecule has 0 aliphatic carbocycles. The third-order valence-electron chi connectivity index (χ3n) is 3.17. The fraction of sp³-hybridized carbons (Fsp3) is 0.133. The van der Waals surface area contributed by atoms with Crippen LogP contribution in [0.25, 0.3) is 16.7 Å². The van der Waals surface area contributed by atoms with E-state index in [4.69, 9.17) is 5.73 Å². The van der Waals surface area contributed by atoms with Crippen LogP contribution in [-0.4, -0.2) is 15.3 Å². The van der Waals surface area contributed by atoms with Gasteiger partial charge >= 0.3 is 0 Å². The van der Waals surface area contributed by atoms with Crippen LogP contribution in [0.5, 0.6) is 0 Å². The van der Waals surface area contributed by atoms with Gasteiger partial charge in [0.1, 0.15) is 5.82 Å². The number of thioether (sulfide) groups is 1. The van der Waals surface area contributed by atoms with Crippen LogP contribution in [0.1, 0.15) is 5.82 Å². The van der Waals surface area contributed by atoms with Crippen molar-refractivity contribution < 1.29 is 8.78 Å². The molecule has 0 unspecified atom stereocenters. The number of para-hydroxylation sites is 1. The number of nitrogens with zero attached hydrogens (tertiary/aromatic N) is 2. The molecule has 3 rings (SSSR count). The summed E-state index contributed by atoms with van der Waals surface area (Å²) in [4.78, 5) is 4.98. The van der Waals surface area contributed by atoms with E-state index >= 15 is 0 Å². The first-order valence-electron chi connectivity index (χ1n) is 6.35. The summed E-state index contributed by atoms with van der Waals surface area (Å²) in [5.74, 6) is -1.73. The third-order valence-corrected chi connectivity index (χ3v) is 3.95. The molecule has 108 valence electrons. The highest BCUT2D eigenvalue weighted by Gasteiger charge is 2.15. The number of nitrogens with two attached hydrogens (primary N) is 1. The van der Waals surface area contributed by atoms with E-state index in [-0.39, 0.29) is 0 Å². The second-order valence-electron chi connectivity index (χ2n) is 4.59. The zero-order valence-corrected chi connectivity index (χ0v) is 12.1. The molecule has 0 radical (unpaired) electrons. The van der Waals surface area contributed by atoms with Crippen LogP contribution < -0.4 is 5.73 Å². The Bertz CT molecular complexity index is 799. The Morgan fingerprint density at radius 3 is 2.71 bits per heavy atom. The highest BCUT2D eigenvalue weighted by Crippen LogP contribution is 2.33. The molecule has 6 heteroatoms. The molecule has 3 aromatic rings. The number of halogens is 2. The largest absolute Gasteiger partial charge is 0.399 e. The number of benzene rings is 2. The average molecular weight is 305 g/mol. The van der Waals surface area contributed by atoms with Gasteiger partial charge in [0, 0.05) is 10.6 Å². The van der Waals surface area contributed by atoms with Crippen molar-refractivity contribution in [3.63, 3.8) is 0 Å². The zero-order valence-electron chi connectivity index (χ0n) is 11.3. The maximum atomic E-state index is 12.7. The molecule has 0 saturated heterocycles. The SMILES string of the molecule is Cc1nc2cc(N)ccc2n1-c1ccccc1SC(F)F. The minimum absolute atomic E-state index is 0.520. The van der Waals surface area contributed by atoms with Crippen LogP contribution in [0.15, 0.2) is 47.4 Å². The van der Waals surface area contributed by atoms with Gasteiger partial charge in [-0.3, -0.25) is 4.57 Å². The fourth-order valence-corrected chi connectivity index (χ4v) is 2.99. The lowest BCUT2D eigenvalue weighted by molar-refractivity contribution is 0.252. The van der Waals surface area contributed by atoms with Crippen LogP contribution in [0.2, 0.25) is 0 Å². The first-order valence-corrected chi connectivity index (χ1v) is 7.23. The molecule has 21 heavy (non-hydrogen) atoms. The predicted octanol–water partition coefficient (Wildman–Crippen LogP) is 4.23. The molecule has 0 aliphatic heterocycles. The van der Waals surface area contributed by atoms with E-state index in [1.807, 2.05) is 29.7 Å². The van der Waals surface area contributed by atoms with Crippen LogP contribution in [0.4, 0.5) is 14.5 Å². The Morgan fingerprint density at radius 2 is 1.95 bits per heavy atom. The molecule has 0 fully saturated rings. The average Bonchev–Trinajstić information content (AvgIpc) is 2.74. The van der Waals surface area contributed by atoms with E-state index in [0.717, 1.165) is 16.9 Å². The van der Waals surface area contributed by atoms with Crippen molar-refractivity contribution in [1.82, 2.24) is 9.55 Å². The molecular formula is C15H13F2N3S. The molecule has 0 amide bonds. The second kappa shape index (κ2) is 5.37. The number of imidazole rings is 1. The smallest absolute Gasteiger partial charge is 0.288 e. The van der Waals surface area contributed by atoms with Crippen molar-refractivity contribution >= 4 is 28.5 Å². The van der Waals surface area contributed by atoms with Crippen LogP contribution in [-0.2, 0) is 0 Å². The summed E-state index contributed by atoms with van der Waals surface area (Å²) in [5.41, 5.74) is 8.70. The van der Waals surface area contributed by atoms with Crippen molar-refractivity contribution in [2.75, 3.05) is 5.73 Å². The number of hydrogen-bond acceptors (Lipinski definition) is 3. The summed E-state index contributed by atoms with van der Waals surface area (Å²) in [5, 5.41) is 0. The highest BCUT2D eigenvalue weighted by atomic mass is 32.2. The van der Waals surface area contributed by atoms with Gasteiger partial charge in [-0.1, -0.05) is 23.9 Å². The topological polar surface area (TPSA) is 43.8 Å². The van der Waals surface area contributed by atoms with E-state index < -0.39 is 5.76 Å². The van der Waals surface area contributed by atoms with Gasteiger partial charge in [0.25, 0.3) is 5.76 Å². The van der Waals surface area contributed by atoms with E-state index in [1.54, 1.807) is 24.3 Å². The quantitative estimate of drug-likeness (QED) is 0.581. The van der Waals surface area contributed by atoms with Gasteiger partial charge in [0.2, 0.25) is 0 Å². The molecule has 0 spiro atoms. The fourth-order valence-electron chi connectivity index (χ4n) is 2.36. The van der Waals surface area contributed by atoms with Gasteiger partial charge in [-0.15, -0.1) is 0 Å². The Balaban J connectivity index is 2.23. The lowest BCUT2D eigenvalue weighted by Crippen LogP contribution is -1.99. The van der Waals surface area contributed by atoms with Gasteiger partial charge in [-0.2, -0.15) is 8.78 Å². The summed E-state index contributed by atoms with van der Waals surface area (Å²) in [7, 11) is 0. The normalized spacial score (nSPS) is 11.4. The summed E-state index contributed by atoms with van der Waals surface area (Å²) in [6.07, 6.45) is 0. The molecule has 0 saturated carbocycles. The van der Waals surface area contributed by atoms with E-state index in [2.05, 4.69) is 4.98 Å². The molecule has 0 atom stereocenters. The van der Waals surface area contributed by atoms with Gasteiger partial charge in [-0.25, -0.2) is 4.98 Å². The number of alkyl halides is 2. The summed E-state index contributed by atoms with van der Waals surface area (Å²) < 4.78 is 27.3. The minimum Gasteiger partial charge on any atom is -0.399 e. The minimum atomic E-state index is -2.46. The third kappa shape index (κ3) is 2.58. The maximum absolute atomic E-state index is 12.7. The van der Waals surface area contributed by atoms with Crippen molar-refractivity contribution in [2.45, 2.75) is 17.6 Å². The first kappa shape index (κ1) is 13.9. The van der Waals surface area contributed by atoms with Gasteiger partial charge in [-0.05, 0) is 37.3 Å². The number of hydrogen-bond donors (Lipinski definition) is 1. The molecular weight excluding hydrogens is 292 g/mol. The predicted molar refractivity (Wildman–Crippen MR) is 82.1 cm³/mol. The van der Waals surface area contributed by atoms with Crippen molar-refractivity contribution in [1.29, 1.82) is 0 Å². The zero-order chi connectivity index (χ0) is 15.0. The van der Waals surface area contributed by atoms with Crippen molar-refractivity contribution in [2.24, 2.45) is 0 Å². The molecule has 0 bridgehead atoms. The number of rotatable bonds is 3. The molecule has 1 aromatic heterocycles. The first-order chi connectivity index (χ1) is 10.1. The van der Waals surface area contributed by atoms with Gasteiger partial charge in [0.15, 0.2) is 0 Å². The summed E-state index contributed by atoms with van der Waals surface area (Å²) in [6, 6.07) is 12.5. The van der Waals surface area contributed by atoms with E-state index in [0.29, 0.717) is 28.0 Å². The Labute approximate surface area is 124 Å². The molecule has 2 N–H and O–H groups in total. The highest BCUT2D eigenvalue weighted by molar-refractivity contribution is 7.99. The monoisotopic (exact) mass is 305 g/mol. The number of fused-ring (bicyclic) bond motifs is 1. The molecule has 1 heterocycles. The summed E-state index contributed by atoms with van der Waals surface area (Å²) >= 11 is 0.537. The molecule has 3 nitrogen and oxygen atoms in total. The summed E-state index contributed by atoms with van der Waals surface area (Å²) in [6.45, 7) is 1.85. The Hall–Kier alpha value is -2.08.